The summed E-state index contributed by atoms with van der Waals surface area (Å²) in [5, 5.41) is 3.47. The van der Waals surface area contributed by atoms with Crippen LogP contribution in [-0.4, -0.2) is 21.0 Å². The summed E-state index contributed by atoms with van der Waals surface area (Å²) in [6.45, 7) is 0.820. The van der Waals surface area contributed by atoms with E-state index in [4.69, 9.17) is 0 Å². The predicted octanol–water partition coefficient (Wildman–Crippen LogP) is 1.60. The van der Waals surface area contributed by atoms with Crippen LogP contribution in [0.1, 0.15) is 25.1 Å². The van der Waals surface area contributed by atoms with Gasteiger partial charge in [-0.1, -0.05) is 6.42 Å². The zero-order chi connectivity index (χ0) is 10.1. The van der Waals surface area contributed by atoms with E-state index in [-0.39, 0.29) is 0 Å². The molecule has 78 valence electrons. The Hall–Kier alpha value is -1.42. The van der Waals surface area contributed by atoms with Crippen LogP contribution < -0.4 is 5.32 Å². The fourth-order valence-corrected chi connectivity index (χ4v) is 1.83. The maximum Gasteiger partial charge on any atom is 0.177 e. The number of aromatic amines is 1. The highest BCUT2D eigenvalue weighted by molar-refractivity contribution is 5.69. The molecule has 4 heteroatoms. The van der Waals surface area contributed by atoms with Gasteiger partial charge in [-0.3, -0.25) is 0 Å². The molecule has 1 aliphatic carbocycles. The largest absolute Gasteiger partial charge is 0.340 e. The van der Waals surface area contributed by atoms with Crippen LogP contribution in [0.4, 0.5) is 0 Å². The van der Waals surface area contributed by atoms with Gasteiger partial charge in [0.25, 0.3) is 0 Å². The summed E-state index contributed by atoms with van der Waals surface area (Å²) >= 11 is 0. The topological polar surface area (TPSA) is 53.6 Å². The Morgan fingerprint density at radius 1 is 1.47 bits per heavy atom. The number of imidazole rings is 1. The molecule has 2 aromatic rings. The molecule has 0 spiro atoms. The van der Waals surface area contributed by atoms with Gasteiger partial charge in [-0.05, 0) is 25.0 Å². The highest BCUT2D eigenvalue weighted by Crippen LogP contribution is 2.18. The first kappa shape index (κ1) is 8.85. The van der Waals surface area contributed by atoms with Crippen LogP contribution in [0.25, 0.3) is 11.2 Å². The highest BCUT2D eigenvalue weighted by Gasteiger charge is 2.16. The first-order valence-electron chi connectivity index (χ1n) is 5.45. The Bertz CT molecular complexity index is 425. The lowest BCUT2D eigenvalue weighted by molar-refractivity contribution is 0.336. The number of rotatable bonds is 3. The molecule has 15 heavy (non-hydrogen) atoms. The molecule has 1 fully saturated rings. The Balaban J connectivity index is 1.73. The lowest BCUT2D eigenvalue weighted by Crippen LogP contribution is -2.34. The molecule has 2 heterocycles. The average Bonchev–Trinajstić information content (AvgIpc) is 2.57. The van der Waals surface area contributed by atoms with Crippen molar-refractivity contribution in [3.63, 3.8) is 0 Å². The van der Waals surface area contributed by atoms with Crippen LogP contribution in [0.5, 0.6) is 0 Å². The van der Waals surface area contributed by atoms with Crippen molar-refractivity contribution in [3.05, 3.63) is 24.2 Å². The summed E-state index contributed by atoms with van der Waals surface area (Å²) < 4.78 is 0. The Kier molecular flexibility index (Phi) is 2.14. The molecule has 0 saturated heterocycles. The molecule has 1 saturated carbocycles. The molecule has 3 rings (SSSR count). The number of fused-ring (bicyclic) bond motifs is 1. The van der Waals surface area contributed by atoms with Crippen molar-refractivity contribution in [3.8, 4) is 0 Å². The van der Waals surface area contributed by atoms with Crippen molar-refractivity contribution >= 4 is 11.2 Å². The van der Waals surface area contributed by atoms with E-state index in [1.54, 1.807) is 6.20 Å². The van der Waals surface area contributed by atoms with Gasteiger partial charge in [0, 0.05) is 12.2 Å². The number of pyridine rings is 1. The normalized spacial score (nSPS) is 16.8. The molecule has 0 bridgehead atoms. The molecule has 4 nitrogen and oxygen atoms in total. The molecule has 1 aliphatic rings. The Morgan fingerprint density at radius 2 is 2.40 bits per heavy atom. The van der Waals surface area contributed by atoms with Crippen molar-refractivity contribution < 1.29 is 0 Å². The molecule has 0 radical (unpaired) electrons. The minimum absolute atomic E-state index is 0.700. The van der Waals surface area contributed by atoms with E-state index in [2.05, 4.69) is 20.3 Å². The van der Waals surface area contributed by atoms with Crippen molar-refractivity contribution in [2.75, 3.05) is 0 Å². The van der Waals surface area contributed by atoms with Crippen LogP contribution in [0, 0.1) is 0 Å². The fraction of sp³-hybridized carbons (Fsp3) is 0.455. The Morgan fingerprint density at radius 3 is 3.13 bits per heavy atom. The van der Waals surface area contributed by atoms with Gasteiger partial charge in [0.1, 0.15) is 5.82 Å². The lowest BCUT2D eigenvalue weighted by atomic mass is 9.93. The van der Waals surface area contributed by atoms with Gasteiger partial charge in [-0.2, -0.15) is 0 Å². The minimum Gasteiger partial charge on any atom is -0.340 e. The summed E-state index contributed by atoms with van der Waals surface area (Å²) in [6, 6.07) is 4.62. The van der Waals surface area contributed by atoms with Gasteiger partial charge in [-0.15, -0.1) is 0 Å². The number of aromatic nitrogens is 3. The van der Waals surface area contributed by atoms with E-state index in [9.17, 15) is 0 Å². The molecule has 0 amide bonds. The smallest absolute Gasteiger partial charge is 0.177 e. The molecule has 0 aromatic carbocycles. The summed E-state index contributed by atoms with van der Waals surface area (Å²) in [5.41, 5.74) is 1.82. The molecular weight excluding hydrogens is 188 g/mol. The van der Waals surface area contributed by atoms with Crippen molar-refractivity contribution in [2.45, 2.75) is 31.8 Å². The van der Waals surface area contributed by atoms with Crippen LogP contribution in [-0.2, 0) is 6.54 Å². The molecule has 0 atom stereocenters. The van der Waals surface area contributed by atoms with Crippen molar-refractivity contribution in [1.29, 1.82) is 0 Å². The lowest BCUT2D eigenvalue weighted by Gasteiger charge is -2.25. The summed E-state index contributed by atoms with van der Waals surface area (Å²) in [7, 11) is 0. The predicted molar refractivity (Wildman–Crippen MR) is 58.4 cm³/mol. The third-order valence-corrected chi connectivity index (χ3v) is 2.97. The third kappa shape index (κ3) is 1.72. The first-order chi connectivity index (χ1) is 7.42. The van der Waals surface area contributed by atoms with Crippen LogP contribution >= 0.6 is 0 Å². The molecule has 0 unspecified atom stereocenters. The average molecular weight is 202 g/mol. The zero-order valence-corrected chi connectivity index (χ0v) is 8.53. The van der Waals surface area contributed by atoms with E-state index in [0.29, 0.717) is 6.04 Å². The van der Waals surface area contributed by atoms with E-state index >= 15 is 0 Å². The molecule has 2 N–H and O–H groups in total. The maximum atomic E-state index is 4.41. The maximum absolute atomic E-state index is 4.41. The number of nitrogens with one attached hydrogen (secondary N) is 2. The summed E-state index contributed by atoms with van der Waals surface area (Å²) in [5.74, 6) is 0.982. The third-order valence-electron chi connectivity index (χ3n) is 2.97. The second-order valence-corrected chi connectivity index (χ2v) is 4.07. The summed E-state index contributed by atoms with van der Waals surface area (Å²) in [6.07, 6.45) is 5.74. The quantitative estimate of drug-likeness (QED) is 0.794. The van der Waals surface area contributed by atoms with E-state index in [1.807, 2.05) is 12.1 Å². The van der Waals surface area contributed by atoms with E-state index < -0.39 is 0 Å². The van der Waals surface area contributed by atoms with Gasteiger partial charge >= 0.3 is 0 Å². The van der Waals surface area contributed by atoms with Gasteiger partial charge in [-0.25, -0.2) is 9.97 Å². The second kappa shape index (κ2) is 3.62. The zero-order valence-electron chi connectivity index (χ0n) is 8.53. The fourth-order valence-electron chi connectivity index (χ4n) is 1.83. The van der Waals surface area contributed by atoms with Crippen LogP contribution in [0.3, 0.4) is 0 Å². The van der Waals surface area contributed by atoms with Gasteiger partial charge in [0.2, 0.25) is 0 Å². The van der Waals surface area contributed by atoms with E-state index in [0.717, 1.165) is 23.5 Å². The van der Waals surface area contributed by atoms with E-state index in [1.165, 1.54) is 19.3 Å². The number of nitrogens with zero attached hydrogens (tertiary/aromatic N) is 2. The van der Waals surface area contributed by atoms with Crippen molar-refractivity contribution in [1.82, 2.24) is 20.3 Å². The van der Waals surface area contributed by atoms with Gasteiger partial charge in [0.15, 0.2) is 5.65 Å². The number of hydrogen-bond acceptors (Lipinski definition) is 3. The van der Waals surface area contributed by atoms with Gasteiger partial charge in [0.05, 0.1) is 12.1 Å². The summed E-state index contributed by atoms with van der Waals surface area (Å²) in [4.78, 5) is 11.9. The minimum atomic E-state index is 0.700. The standard InChI is InChI=1S/C11H14N4/c1-3-8(4-1)13-7-10-14-9-5-2-6-12-11(9)15-10/h2,5-6,8,13H,1,3-4,7H2,(H,12,14,15). The highest BCUT2D eigenvalue weighted by atomic mass is 15.0. The molecule has 2 aromatic heterocycles. The second-order valence-electron chi connectivity index (χ2n) is 4.07. The van der Waals surface area contributed by atoms with Crippen LogP contribution in [0.15, 0.2) is 18.3 Å². The molecular formula is C11H14N4. The Labute approximate surface area is 88.1 Å². The molecule has 0 aliphatic heterocycles. The SMILES string of the molecule is c1cnc2nc(CNC3CCC3)[nH]c2c1. The monoisotopic (exact) mass is 202 g/mol. The van der Waals surface area contributed by atoms with Crippen molar-refractivity contribution in [2.24, 2.45) is 0 Å². The number of H-pyrrole nitrogens is 1. The number of hydrogen-bond donors (Lipinski definition) is 2. The first-order valence-corrected chi connectivity index (χ1v) is 5.45. The van der Waals surface area contributed by atoms with Gasteiger partial charge < -0.3 is 10.3 Å². The van der Waals surface area contributed by atoms with Crippen LogP contribution in [0.2, 0.25) is 0 Å².